The molecule has 0 spiro atoms. The van der Waals surface area contributed by atoms with Crippen LogP contribution in [0.1, 0.15) is 52.0 Å². The Hall–Kier alpha value is -1.56. The van der Waals surface area contributed by atoms with E-state index in [4.69, 9.17) is 5.26 Å². The van der Waals surface area contributed by atoms with Gasteiger partial charge in [0.1, 0.15) is 6.07 Å². The molecule has 0 unspecified atom stereocenters. The molecule has 0 aliphatic heterocycles. The maximum absolute atomic E-state index is 9.00. The van der Waals surface area contributed by atoms with E-state index in [1.54, 1.807) is 18.5 Å². The van der Waals surface area contributed by atoms with Crippen molar-refractivity contribution in [3.63, 3.8) is 0 Å². The van der Waals surface area contributed by atoms with Crippen molar-refractivity contribution in [2.24, 2.45) is 5.41 Å². The summed E-state index contributed by atoms with van der Waals surface area (Å²) < 4.78 is 0. The van der Waals surface area contributed by atoms with Gasteiger partial charge >= 0.3 is 0 Å². The second kappa shape index (κ2) is 7.00. The number of unbranched alkanes of at least 4 members (excludes halogenated alkanes) is 2. The SMILES string of the molecule is CCCCCC(C)(C)CNc1cnccc1C#N. The summed E-state index contributed by atoms with van der Waals surface area (Å²) in [4.78, 5) is 4.06. The lowest BCUT2D eigenvalue weighted by Crippen LogP contribution is -2.23. The smallest absolute Gasteiger partial charge is 0.101 e. The zero-order chi connectivity index (χ0) is 13.4. The van der Waals surface area contributed by atoms with Gasteiger partial charge in [0.15, 0.2) is 0 Å². The number of hydrogen-bond donors (Lipinski definition) is 1. The number of hydrogen-bond acceptors (Lipinski definition) is 3. The lowest BCUT2D eigenvalue weighted by atomic mass is 9.87. The van der Waals surface area contributed by atoms with Crippen LogP contribution in [0.3, 0.4) is 0 Å². The molecule has 0 aliphatic carbocycles. The van der Waals surface area contributed by atoms with Crippen LogP contribution in [-0.4, -0.2) is 11.5 Å². The summed E-state index contributed by atoms with van der Waals surface area (Å²) in [5, 5.41) is 12.3. The Bertz CT molecular complexity index is 404. The Morgan fingerprint density at radius 2 is 2.17 bits per heavy atom. The number of pyridine rings is 1. The van der Waals surface area contributed by atoms with E-state index in [1.807, 2.05) is 0 Å². The highest BCUT2D eigenvalue weighted by Crippen LogP contribution is 2.25. The van der Waals surface area contributed by atoms with Crippen LogP contribution in [0.15, 0.2) is 18.5 Å². The highest BCUT2D eigenvalue weighted by Gasteiger charge is 2.17. The Morgan fingerprint density at radius 3 is 2.83 bits per heavy atom. The van der Waals surface area contributed by atoms with Gasteiger partial charge in [-0.3, -0.25) is 4.98 Å². The lowest BCUT2D eigenvalue weighted by molar-refractivity contribution is 0.342. The molecular formula is C15H23N3. The molecule has 98 valence electrons. The topological polar surface area (TPSA) is 48.7 Å². The average molecular weight is 245 g/mol. The van der Waals surface area contributed by atoms with Crippen molar-refractivity contribution in [3.05, 3.63) is 24.0 Å². The molecule has 1 aromatic rings. The Morgan fingerprint density at radius 1 is 1.39 bits per heavy atom. The Labute approximate surface area is 110 Å². The molecule has 3 nitrogen and oxygen atoms in total. The predicted molar refractivity (Wildman–Crippen MR) is 75.4 cm³/mol. The molecule has 0 radical (unpaired) electrons. The van der Waals surface area contributed by atoms with Crippen LogP contribution in [0.25, 0.3) is 0 Å². The van der Waals surface area contributed by atoms with Crippen LogP contribution >= 0.6 is 0 Å². The first kappa shape index (κ1) is 14.5. The molecule has 1 N–H and O–H groups in total. The maximum atomic E-state index is 9.00. The second-order valence-electron chi connectivity index (χ2n) is 5.51. The number of aromatic nitrogens is 1. The van der Waals surface area contributed by atoms with E-state index >= 15 is 0 Å². The van der Waals surface area contributed by atoms with Crippen LogP contribution in [0, 0.1) is 16.7 Å². The predicted octanol–water partition coefficient (Wildman–Crippen LogP) is 3.97. The van der Waals surface area contributed by atoms with Gasteiger partial charge in [-0.2, -0.15) is 5.26 Å². The van der Waals surface area contributed by atoms with Crippen LogP contribution in [0.5, 0.6) is 0 Å². The highest BCUT2D eigenvalue weighted by molar-refractivity contribution is 5.55. The van der Waals surface area contributed by atoms with E-state index in [0.717, 1.165) is 12.2 Å². The van der Waals surface area contributed by atoms with Gasteiger partial charge in [0.05, 0.1) is 17.4 Å². The van der Waals surface area contributed by atoms with Gasteiger partial charge in [0.25, 0.3) is 0 Å². The third-order valence-corrected chi connectivity index (χ3v) is 3.16. The van der Waals surface area contributed by atoms with Crippen molar-refractivity contribution in [1.82, 2.24) is 4.98 Å². The van der Waals surface area contributed by atoms with E-state index < -0.39 is 0 Å². The molecule has 0 aliphatic rings. The number of anilines is 1. The van der Waals surface area contributed by atoms with Crippen molar-refractivity contribution in [2.45, 2.75) is 46.5 Å². The molecule has 0 fully saturated rings. The fourth-order valence-corrected chi connectivity index (χ4v) is 1.91. The minimum Gasteiger partial charge on any atom is -0.382 e. The van der Waals surface area contributed by atoms with Crippen LogP contribution in [-0.2, 0) is 0 Å². The van der Waals surface area contributed by atoms with E-state index in [0.29, 0.717) is 5.56 Å². The number of nitrogens with one attached hydrogen (secondary N) is 1. The van der Waals surface area contributed by atoms with Gasteiger partial charge < -0.3 is 5.32 Å². The largest absolute Gasteiger partial charge is 0.382 e. The fraction of sp³-hybridized carbons (Fsp3) is 0.600. The summed E-state index contributed by atoms with van der Waals surface area (Å²) in [6.45, 7) is 7.62. The van der Waals surface area contributed by atoms with Crippen LogP contribution in [0.2, 0.25) is 0 Å². The zero-order valence-corrected chi connectivity index (χ0v) is 11.7. The quantitative estimate of drug-likeness (QED) is 0.739. The monoisotopic (exact) mass is 245 g/mol. The highest BCUT2D eigenvalue weighted by atomic mass is 14.9. The molecule has 0 atom stereocenters. The molecule has 1 heterocycles. The minimum atomic E-state index is 0.248. The van der Waals surface area contributed by atoms with E-state index in [2.05, 4.69) is 37.1 Å². The van der Waals surface area contributed by atoms with Crippen molar-refractivity contribution in [2.75, 3.05) is 11.9 Å². The van der Waals surface area contributed by atoms with Gasteiger partial charge in [-0.05, 0) is 17.9 Å². The molecule has 3 heteroatoms. The Balaban J connectivity index is 2.51. The average Bonchev–Trinajstić information content (AvgIpc) is 2.37. The maximum Gasteiger partial charge on any atom is 0.101 e. The van der Waals surface area contributed by atoms with E-state index in [9.17, 15) is 0 Å². The first-order valence-electron chi connectivity index (χ1n) is 6.67. The number of nitriles is 1. The Kier molecular flexibility index (Phi) is 5.64. The summed E-state index contributed by atoms with van der Waals surface area (Å²) >= 11 is 0. The first-order chi connectivity index (χ1) is 8.59. The van der Waals surface area contributed by atoms with E-state index in [1.165, 1.54) is 25.7 Å². The first-order valence-corrected chi connectivity index (χ1v) is 6.67. The van der Waals surface area contributed by atoms with Gasteiger partial charge in [0.2, 0.25) is 0 Å². The second-order valence-corrected chi connectivity index (χ2v) is 5.51. The van der Waals surface area contributed by atoms with Gasteiger partial charge in [-0.25, -0.2) is 0 Å². The van der Waals surface area contributed by atoms with Crippen molar-refractivity contribution < 1.29 is 0 Å². The molecule has 0 bridgehead atoms. The van der Waals surface area contributed by atoms with Gasteiger partial charge in [-0.1, -0.05) is 40.0 Å². The fourth-order valence-electron chi connectivity index (χ4n) is 1.91. The zero-order valence-electron chi connectivity index (χ0n) is 11.7. The number of rotatable bonds is 7. The van der Waals surface area contributed by atoms with Crippen LogP contribution < -0.4 is 5.32 Å². The van der Waals surface area contributed by atoms with Crippen LogP contribution in [0.4, 0.5) is 5.69 Å². The summed E-state index contributed by atoms with van der Waals surface area (Å²) in [7, 11) is 0. The summed E-state index contributed by atoms with van der Waals surface area (Å²) in [6, 6.07) is 3.92. The number of nitrogens with zero attached hydrogens (tertiary/aromatic N) is 2. The normalized spacial score (nSPS) is 11.0. The molecule has 0 aromatic carbocycles. The summed E-state index contributed by atoms with van der Waals surface area (Å²) in [6.07, 6.45) is 8.39. The third-order valence-electron chi connectivity index (χ3n) is 3.16. The molecule has 0 saturated carbocycles. The molecular weight excluding hydrogens is 222 g/mol. The van der Waals surface area contributed by atoms with Gasteiger partial charge in [-0.15, -0.1) is 0 Å². The molecule has 1 aromatic heterocycles. The molecule has 18 heavy (non-hydrogen) atoms. The van der Waals surface area contributed by atoms with Crippen molar-refractivity contribution >= 4 is 5.69 Å². The van der Waals surface area contributed by atoms with Gasteiger partial charge in [0, 0.05) is 12.7 Å². The third kappa shape index (κ3) is 4.75. The van der Waals surface area contributed by atoms with Crippen molar-refractivity contribution in [1.29, 1.82) is 5.26 Å². The summed E-state index contributed by atoms with van der Waals surface area (Å²) in [5.41, 5.74) is 1.75. The minimum absolute atomic E-state index is 0.248. The standard InChI is InChI=1S/C15H23N3/c1-4-5-6-8-15(2,3)12-18-14-11-17-9-7-13(14)10-16/h7,9,11,18H,4-6,8,12H2,1-3H3. The molecule has 0 amide bonds. The molecule has 1 rings (SSSR count). The lowest BCUT2D eigenvalue weighted by Gasteiger charge is -2.25. The van der Waals surface area contributed by atoms with E-state index in [-0.39, 0.29) is 5.41 Å². The van der Waals surface area contributed by atoms with Crippen molar-refractivity contribution in [3.8, 4) is 6.07 Å². The summed E-state index contributed by atoms with van der Waals surface area (Å²) in [5.74, 6) is 0. The molecule has 0 saturated heterocycles.